The van der Waals surface area contributed by atoms with Crippen LogP contribution in [0.25, 0.3) is 10.9 Å². The second-order valence-electron chi connectivity index (χ2n) is 14.3. The van der Waals surface area contributed by atoms with Crippen LogP contribution < -0.4 is 15.4 Å². The molecule has 3 aliphatic heterocycles. The Bertz CT molecular complexity index is 2360. The van der Waals surface area contributed by atoms with E-state index in [-0.39, 0.29) is 29.2 Å². The first kappa shape index (κ1) is 36.8. The average Bonchev–Trinajstić information content (AvgIpc) is 3.82. The van der Waals surface area contributed by atoms with Crippen LogP contribution in [0.2, 0.25) is 0 Å². The maximum absolute atomic E-state index is 14.2. The van der Waals surface area contributed by atoms with Crippen molar-refractivity contribution in [3.8, 4) is 11.5 Å². The van der Waals surface area contributed by atoms with Crippen LogP contribution in [0.1, 0.15) is 54.7 Å². The zero-order valence-corrected chi connectivity index (χ0v) is 32.0. The summed E-state index contributed by atoms with van der Waals surface area (Å²) in [5, 5.41) is 6.42. The standard InChI is InChI=1S/C41H42N6O6S2/c1-27(33-21-30-23-42-17-16-32(30)47(33)55(51,52)31-10-4-2-5-11-31)44-41(50)34-20-28(25-45-18-8-3-9-19-45)26-46(34)39(48)24-43-40(49)29-14-15-38-36(22-29)53-35-12-6-7-13-37(35)54-38/h2,4-7,10-17,21-23,27-28,34H,3,8-9,18-20,24-26H2,1H3,(H,43,49)(H,44,50)/t27?,28?,34-/m0/s1. The van der Waals surface area contributed by atoms with Gasteiger partial charge in [0.25, 0.3) is 15.9 Å². The molecule has 3 amide bonds. The second-order valence-corrected chi connectivity index (χ2v) is 17.2. The number of piperidine rings is 1. The molecule has 284 valence electrons. The van der Waals surface area contributed by atoms with Crippen LogP contribution in [0, 0.1) is 5.92 Å². The van der Waals surface area contributed by atoms with Crippen molar-refractivity contribution in [2.45, 2.75) is 59.4 Å². The first-order chi connectivity index (χ1) is 26.7. The Labute approximate surface area is 324 Å². The summed E-state index contributed by atoms with van der Waals surface area (Å²) in [5.74, 6) is 0.163. The quantitative estimate of drug-likeness (QED) is 0.175. The molecule has 0 spiro atoms. The number of rotatable bonds is 10. The molecule has 2 unspecified atom stereocenters. The Morgan fingerprint density at radius 1 is 0.927 bits per heavy atom. The van der Waals surface area contributed by atoms with E-state index >= 15 is 0 Å². The molecule has 8 rings (SSSR count). The minimum atomic E-state index is -4.04. The van der Waals surface area contributed by atoms with Crippen molar-refractivity contribution in [2.75, 3.05) is 32.7 Å². The summed E-state index contributed by atoms with van der Waals surface area (Å²) in [6.07, 6.45) is 7.02. The van der Waals surface area contributed by atoms with E-state index in [1.807, 2.05) is 30.3 Å². The molecule has 2 saturated heterocycles. The van der Waals surface area contributed by atoms with Gasteiger partial charge in [-0.05, 0) is 99.8 Å². The van der Waals surface area contributed by atoms with Crippen LogP contribution in [0.15, 0.2) is 112 Å². The Morgan fingerprint density at radius 3 is 2.51 bits per heavy atom. The number of hydrogen-bond acceptors (Lipinski definition) is 9. The molecule has 3 atom stereocenters. The van der Waals surface area contributed by atoms with Crippen LogP contribution in [0.5, 0.6) is 11.5 Å². The Balaban J connectivity index is 0.996. The van der Waals surface area contributed by atoms with Gasteiger partial charge in [-0.15, -0.1) is 0 Å². The molecule has 2 N–H and O–H groups in total. The number of likely N-dealkylation sites (tertiary alicyclic amines) is 2. The van der Waals surface area contributed by atoms with Crippen LogP contribution in [-0.4, -0.2) is 83.7 Å². The summed E-state index contributed by atoms with van der Waals surface area (Å²) in [4.78, 5) is 51.6. The summed E-state index contributed by atoms with van der Waals surface area (Å²) in [6, 6.07) is 22.9. The highest BCUT2D eigenvalue weighted by Crippen LogP contribution is 2.47. The number of ether oxygens (including phenoxy) is 1. The summed E-state index contributed by atoms with van der Waals surface area (Å²) in [5.41, 5.74) is 1.17. The lowest BCUT2D eigenvalue weighted by atomic mass is 10.0. The predicted molar refractivity (Wildman–Crippen MR) is 209 cm³/mol. The van der Waals surface area contributed by atoms with E-state index in [2.05, 4.69) is 20.5 Å². The Kier molecular flexibility index (Phi) is 10.4. The molecule has 5 aromatic rings. The number of hydrogen-bond donors (Lipinski definition) is 2. The van der Waals surface area contributed by atoms with Crippen molar-refractivity contribution in [2.24, 2.45) is 5.92 Å². The minimum absolute atomic E-state index is 0.0537. The third-order valence-corrected chi connectivity index (χ3v) is 13.4. The number of amides is 3. The summed E-state index contributed by atoms with van der Waals surface area (Å²) >= 11 is 1.56. The minimum Gasteiger partial charge on any atom is -0.455 e. The molecule has 3 aliphatic rings. The highest BCUT2D eigenvalue weighted by Gasteiger charge is 2.41. The molecule has 14 heteroatoms. The fraction of sp³-hybridized carbons (Fsp3) is 0.317. The molecule has 12 nitrogen and oxygen atoms in total. The maximum Gasteiger partial charge on any atom is 0.268 e. The van der Waals surface area contributed by atoms with Gasteiger partial charge in [-0.1, -0.05) is 48.5 Å². The van der Waals surface area contributed by atoms with E-state index in [1.165, 1.54) is 28.7 Å². The molecule has 55 heavy (non-hydrogen) atoms. The van der Waals surface area contributed by atoms with E-state index in [0.717, 1.165) is 48.0 Å². The van der Waals surface area contributed by atoms with Gasteiger partial charge in [0.15, 0.2) is 0 Å². The molecule has 2 aromatic heterocycles. The molecule has 3 aromatic carbocycles. The van der Waals surface area contributed by atoms with Crippen molar-refractivity contribution in [1.29, 1.82) is 0 Å². The summed E-state index contributed by atoms with van der Waals surface area (Å²) < 4.78 is 35.4. The third kappa shape index (κ3) is 7.58. The van der Waals surface area contributed by atoms with Gasteiger partial charge in [-0.3, -0.25) is 19.4 Å². The van der Waals surface area contributed by atoms with Crippen molar-refractivity contribution < 1.29 is 27.5 Å². The molecule has 0 aliphatic carbocycles. The van der Waals surface area contributed by atoms with Crippen LogP contribution in [0.4, 0.5) is 0 Å². The van der Waals surface area contributed by atoms with Gasteiger partial charge >= 0.3 is 0 Å². The van der Waals surface area contributed by atoms with Crippen molar-refractivity contribution >= 4 is 50.4 Å². The van der Waals surface area contributed by atoms with Gasteiger partial charge in [0.05, 0.1) is 38.5 Å². The number of aromatic nitrogens is 2. The molecule has 0 saturated carbocycles. The molecular formula is C41H42N6O6S2. The highest BCUT2D eigenvalue weighted by molar-refractivity contribution is 7.99. The van der Waals surface area contributed by atoms with Crippen molar-refractivity contribution in [3.05, 3.63) is 109 Å². The smallest absolute Gasteiger partial charge is 0.268 e. The van der Waals surface area contributed by atoms with Crippen molar-refractivity contribution in [1.82, 2.24) is 29.4 Å². The zero-order valence-electron chi connectivity index (χ0n) is 30.4. The van der Waals surface area contributed by atoms with Gasteiger partial charge < -0.3 is 25.2 Å². The van der Waals surface area contributed by atoms with E-state index in [1.54, 1.807) is 72.2 Å². The lowest BCUT2D eigenvalue weighted by Crippen LogP contribution is -2.49. The van der Waals surface area contributed by atoms with Gasteiger partial charge in [-0.25, -0.2) is 12.4 Å². The first-order valence-electron chi connectivity index (χ1n) is 18.6. The van der Waals surface area contributed by atoms with Gasteiger partial charge in [0, 0.05) is 36.4 Å². The number of benzene rings is 3. The number of carbonyl (C=O) groups is 3. The van der Waals surface area contributed by atoms with Crippen LogP contribution in [-0.2, 0) is 19.6 Å². The van der Waals surface area contributed by atoms with Gasteiger partial charge in [-0.2, -0.15) is 0 Å². The molecule has 5 heterocycles. The van der Waals surface area contributed by atoms with Crippen molar-refractivity contribution in [3.63, 3.8) is 0 Å². The van der Waals surface area contributed by atoms with Gasteiger partial charge in [0.1, 0.15) is 17.5 Å². The largest absolute Gasteiger partial charge is 0.455 e. The average molecular weight is 779 g/mol. The molecular weight excluding hydrogens is 737 g/mol. The normalized spacial score (nSPS) is 18.9. The number of nitrogens with zero attached hydrogens (tertiary/aromatic N) is 4. The second kappa shape index (κ2) is 15.5. The fourth-order valence-corrected chi connectivity index (χ4v) is 10.4. The predicted octanol–water partition coefficient (Wildman–Crippen LogP) is 5.84. The Morgan fingerprint density at radius 2 is 1.69 bits per heavy atom. The van der Waals surface area contributed by atoms with E-state index in [0.29, 0.717) is 40.9 Å². The number of carbonyl (C=O) groups excluding carboxylic acids is 3. The molecule has 0 bridgehead atoms. The molecule has 0 radical (unpaired) electrons. The first-order valence-corrected chi connectivity index (χ1v) is 20.9. The number of para-hydroxylation sites is 1. The monoisotopic (exact) mass is 778 g/mol. The zero-order chi connectivity index (χ0) is 38.1. The van der Waals surface area contributed by atoms with Gasteiger partial charge in [0.2, 0.25) is 11.8 Å². The topological polar surface area (TPSA) is 143 Å². The van der Waals surface area contributed by atoms with E-state index < -0.39 is 28.0 Å². The Hall–Kier alpha value is -5.18. The van der Waals surface area contributed by atoms with Crippen LogP contribution in [0.3, 0.4) is 0 Å². The summed E-state index contributed by atoms with van der Waals surface area (Å²) in [6.45, 7) is 4.55. The highest BCUT2D eigenvalue weighted by atomic mass is 32.2. The maximum atomic E-state index is 14.2. The molecule has 2 fully saturated rings. The van der Waals surface area contributed by atoms with E-state index in [9.17, 15) is 22.8 Å². The lowest BCUT2D eigenvalue weighted by Gasteiger charge is -2.28. The van der Waals surface area contributed by atoms with E-state index in [4.69, 9.17) is 4.74 Å². The fourth-order valence-electron chi connectivity index (χ4n) is 7.82. The summed E-state index contributed by atoms with van der Waals surface area (Å²) in [7, 11) is -4.04. The number of pyridine rings is 1. The number of fused-ring (bicyclic) bond motifs is 3. The lowest BCUT2D eigenvalue weighted by molar-refractivity contribution is -0.138. The number of nitrogens with one attached hydrogen (secondary N) is 2. The SMILES string of the molecule is CC(NC(=O)[C@@H]1CC(CN2CCCCC2)CN1C(=O)CNC(=O)c1ccc2c(c1)Oc1ccccc1S2)c1cc2cnccc2n1S(=O)(=O)c1ccccc1. The third-order valence-electron chi connectivity index (χ3n) is 10.5. The van der Waals surface area contributed by atoms with Crippen LogP contribution >= 0.6 is 11.8 Å².